The molecule has 2 N–H and O–H groups in total. The van der Waals surface area contributed by atoms with Crippen molar-refractivity contribution in [2.75, 3.05) is 6.54 Å². The Balaban J connectivity index is 1.63. The minimum absolute atomic E-state index is 0.00591. The van der Waals surface area contributed by atoms with Crippen molar-refractivity contribution < 1.29 is 9.59 Å². The Morgan fingerprint density at radius 1 is 1.30 bits per heavy atom. The van der Waals surface area contributed by atoms with E-state index in [9.17, 15) is 9.59 Å². The second kappa shape index (κ2) is 5.32. The minimum Gasteiger partial charge on any atom is -0.352 e. The van der Waals surface area contributed by atoms with Crippen LogP contribution in [0.15, 0.2) is 0 Å². The predicted octanol–water partition coefficient (Wildman–Crippen LogP) is 1.23. The molecule has 0 unspecified atom stereocenters. The van der Waals surface area contributed by atoms with Crippen LogP contribution in [0, 0.1) is 12.3 Å². The van der Waals surface area contributed by atoms with Crippen LogP contribution in [-0.2, 0) is 9.59 Å². The molecule has 0 spiro atoms. The van der Waals surface area contributed by atoms with Crippen molar-refractivity contribution in [1.82, 2.24) is 25.4 Å². The second-order valence-corrected chi connectivity index (χ2v) is 7.13. The smallest absolute Gasteiger partial charge is 0.232 e. The number of hydrogen-bond donors (Lipinski definition) is 2. The highest BCUT2D eigenvalue weighted by Gasteiger charge is 2.56. The van der Waals surface area contributed by atoms with E-state index in [4.69, 9.17) is 0 Å². The number of H-pyrrole nitrogens is 1. The van der Waals surface area contributed by atoms with Crippen LogP contribution >= 0.6 is 0 Å². The van der Waals surface area contributed by atoms with Crippen LogP contribution < -0.4 is 5.32 Å². The molecule has 1 aliphatic carbocycles. The molecule has 2 amide bonds. The second-order valence-electron chi connectivity index (χ2n) is 7.13. The Bertz CT molecular complexity index is 642. The van der Waals surface area contributed by atoms with E-state index in [0.29, 0.717) is 12.2 Å². The fourth-order valence-electron chi connectivity index (χ4n) is 4.60. The van der Waals surface area contributed by atoms with E-state index < -0.39 is 5.41 Å². The zero-order valence-electron chi connectivity index (χ0n) is 13.5. The molecule has 0 aromatic carbocycles. The van der Waals surface area contributed by atoms with Gasteiger partial charge in [-0.3, -0.25) is 14.7 Å². The van der Waals surface area contributed by atoms with Crippen molar-refractivity contribution >= 4 is 11.8 Å². The number of nitrogens with zero attached hydrogens (tertiary/aromatic N) is 3. The van der Waals surface area contributed by atoms with Gasteiger partial charge in [-0.2, -0.15) is 5.10 Å². The van der Waals surface area contributed by atoms with E-state index >= 15 is 0 Å². The molecule has 3 heterocycles. The summed E-state index contributed by atoms with van der Waals surface area (Å²) in [6.45, 7) is 2.60. The Morgan fingerprint density at radius 3 is 2.96 bits per heavy atom. The molecule has 23 heavy (non-hydrogen) atoms. The molecule has 0 radical (unpaired) electrons. The number of aromatic amines is 1. The Morgan fingerprint density at radius 2 is 2.17 bits per heavy atom. The summed E-state index contributed by atoms with van der Waals surface area (Å²) in [6.07, 6.45) is 6.03. The molecular formula is C16H23N5O2. The molecule has 1 saturated carbocycles. The molecule has 0 bridgehead atoms. The molecular weight excluding hydrogens is 294 g/mol. The van der Waals surface area contributed by atoms with Crippen LogP contribution in [0.3, 0.4) is 0 Å². The molecule has 2 saturated heterocycles. The van der Waals surface area contributed by atoms with Crippen molar-refractivity contribution in [2.24, 2.45) is 5.41 Å². The zero-order valence-corrected chi connectivity index (χ0v) is 13.5. The van der Waals surface area contributed by atoms with Crippen molar-refractivity contribution in [3.05, 3.63) is 11.6 Å². The van der Waals surface area contributed by atoms with Gasteiger partial charge in [0.1, 0.15) is 5.82 Å². The van der Waals surface area contributed by atoms with E-state index in [1.54, 1.807) is 0 Å². The third-order valence-corrected chi connectivity index (χ3v) is 5.70. The Hall–Kier alpha value is -1.92. The maximum absolute atomic E-state index is 13.4. The maximum Gasteiger partial charge on any atom is 0.232 e. The van der Waals surface area contributed by atoms with Gasteiger partial charge in [-0.15, -0.1) is 0 Å². The average molecular weight is 317 g/mol. The largest absolute Gasteiger partial charge is 0.352 e. The summed E-state index contributed by atoms with van der Waals surface area (Å²) in [5.41, 5.74) is -0.538. The normalized spacial score (nSPS) is 33.6. The Kier molecular flexibility index (Phi) is 3.39. The van der Waals surface area contributed by atoms with Gasteiger partial charge in [-0.05, 0) is 32.6 Å². The quantitative estimate of drug-likeness (QED) is 0.858. The van der Waals surface area contributed by atoms with E-state index in [2.05, 4.69) is 20.5 Å². The highest BCUT2D eigenvalue weighted by atomic mass is 16.2. The lowest BCUT2D eigenvalue weighted by Crippen LogP contribution is -2.51. The van der Waals surface area contributed by atoms with Gasteiger partial charge >= 0.3 is 0 Å². The average Bonchev–Trinajstić information content (AvgIpc) is 3.22. The van der Waals surface area contributed by atoms with Crippen molar-refractivity contribution in [3.63, 3.8) is 0 Å². The molecule has 3 atom stereocenters. The number of aromatic nitrogens is 3. The van der Waals surface area contributed by atoms with Crippen molar-refractivity contribution in [2.45, 2.75) is 64.0 Å². The number of likely N-dealkylation sites (tertiary alicyclic amines) is 1. The van der Waals surface area contributed by atoms with Gasteiger partial charge in [0.2, 0.25) is 11.8 Å². The molecule has 2 aliphatic heterocycles. The van der Waals surface area contributed by atoms with Crippen LogP contribution in [0.4, 0.5) is 0 Å². The SMILES string of the molecule is Cc1nc([C@@H]2CCCN2C(=O)[C@@]23CCCC[C@@H]2NC(=O)C3)n[nH]1. The predicted molar refractivity (Wildman–Crippen MR) is 82.3 cm³/mol. The van der Waals surface area contributed by atoms with E-state index in [-0.39, 0.29) is 23.9 Å². The molecule has 4 rings (SSSR count). The van der Waals surface area contributed by atoms with Gasteiger partial charge < -0.3 is 10.2 Å². The number of amides is 2. The van der Waals surface area contributed by atoms with Crippen molar-refractivity contribution in [3.8, 4) is 0 Å². The summed E-state index contributed by atoms with van der Waals surface area (Å²) >= 11 is 0. The molecule has 3 aliphatic rings. The number of nitrogens with one attached hydrogen (secondary N) is 2. The van der Waals surface area contributed by atoms with Crippen molar-refractivity contribution in [1.29, 1.82) is 0 Å². The summed E-state index contributed by atoms with van der Waals surface area (Å²) in [5, 5.41) is 10.2. The summed E-state index contributed by atoms with van der Waals surface area (Å²) in [6, 6.07) is -0.0496. The lowest BCUT2D eigenvalue weighted by Gasteiger charge is -2.40. The lowest BCUT2D eigenvalue weighted by atomic mass is 9.69. The Labute approximate surface area is 135 Å². The summed E-state index contributed by atoms with van der Waals surface area (Å²) in [7, 11) is 0. The standard InChI is InChI=1S/C16H23N5O2/c1-10-17-14(20-19-10)11-5-4-8-21(11)15(23)16-7-3-2-6-12(16)18-13(22)9-16/h11-12H,2-9H2,1H3,(H,18,22)(H,17,19,20)/t11-,12-,16+/m0/s1. The topological polar surface area (TPSA) is 91.0 Å². The first-order valence-corrected chi connectivity index (χ1v) is 8.59. The third kappa shape index (κ3) is 2.24. The van der Waals surface area contributed by atoms with Crippen LogP contribution in [-0.4, -0.2) is 44.5 Å². The summed E-state index contributed by atoms with van der Waals surface area (Å²) in [5.74, 6) is 1.63. The fourth-order valence-corrected chi connectivity index (χ4v) is 4.60. The van der Waals surface area contributed by atoms with Crippen LogP contribution in [0.5, 0.6) is 0 Å². The molecule has 124 valence electrons. The summed E-state index contributed by atoms with van der Waals surface area (Å²) < 4.78 is 0. The van der Waals surface area contributed by atoms with E-state index in [0.717, 1.165) is 50.9 Å². The molecule has 7 heteroatoms. The fraction of sp³-hybridized carbons (Fsp3) is 0.750. The lowest BCUT2D eigenvalue weighted by molar-refractivity contribution is -0.146. The highest BCUT2D eigenvalue weighted by molar-refractivity contribution is 5.93. The molecule has 1 aromatic heterocycles. The number of carbonyl (C=O) groups is 2. The number of fused-ring (bicyclic) bond motifs is 1. The van der Waals surface area contributed by atoms with Gasteiger partial charge in [0.15, 0.2) is 5.82 Å². The molecule has 1 aromatic rings. The van der Waals surface area contributed by atoms with Gasteiger partial charge in [-0.25, -0.2) is 4.98 Å². The maximum atomic E-state index is 13.4. The van der Waals surface area contributed by atoms with E-state index in [1.807, 2.05) is 11.8 Å². The minimum atomic E-state index is -0.538. The third-order valence-electron chi connectivity index (χ3n) is 5.70. The number of carbonyl (C=O) groups excluding carboxylic acids is 2. The first kappa shape index (κ1) is 14.7. The summed E-state index contributed by atoms with van der Waals surface area (Å²) in [4.78, 5) is 31.7. The van der Waals surface area contributed by atoms with Gasteiger partial charge in [0.25, 0.3) is 0 Å². The molecule has 3 fully saturated rings. The number of hydrogen-bond acceptors (Lipinski definition) is 4. The van der Waals surface area contributed by atoms with Gasteiger partial charge in [0, 0.05) is 19.0 Å². The first-order chi connectivity index (χ1) is 11.1. The van der Waals surface area contributed by atoms with Gasteiger partial charge in [-0.1, -0.05) is 12.8 Å². The number of rotatable bonds is 2. The monoisotopic (exact) mass is 317 g/mol. The highest BCUT2D eigenvalue weighted by Crippen LogP contribution is 2.47. The number of aryl methyl sites for hydroxylation is 1. The van der Waals surface area contributed by atoms with E-state index in [1.165, 1.54) is 0 Å². The van der Waals surface area contributed by atoms with Crippen LogP contribution in [0.1, 0.15) is 62.6 Å². The van der Waals surface area contributed by atoms with Crippen LogP contribution in [0.2, 0.25) is 0 Å². The van der Waals surface area contributed by atoms with Gasteiger partial charge in [0.05, 0.1) is 11.5 Å². The van der Waals surface area contributed by atoms with Crippen LogP contribution in [0.25, 0.3) is 0 Å². The molecule has 7 nitrogen and oxygen atoms in total. The zero-order chi connectivity index (χ0) is 16.0. The first-order valence-electron chi connectivity index (χ1n) is 8.59.